The topological polar surface area (TPSA) is 50.9 Å². The first-order valence-corrected chi connectivity index (χ1v) is 5.74. The molecule has 0 fully saturated rings. The minimum Gasteiger partial charge on any atom is -0.387 e. The van der Waals surface area contributed by atoms with E-state index in [1.807, 2.05) is 25.1 Å². The van der Waals surface area contributed by atoms with Crippen molar-refractivity contribution in [3.63, 3.8) is 0 Å². The Morgan fingerprint density at radius 1 is 1.44 bits per heavy atom. The first-order valence-electron chi connectivity index (χ1n) is 4.95. The van der Waals surface area contributed by atoms with Crippen LogP contribution in [0.5, 0.6) is 0 Å². The van der Waals surface area contributed by atoms with Crippen molar-refractivity contribution in [2.24, 2.45) is 0 Å². The molecular weight excluding hydrogens is 270 g/mol. The maximum absolute atomic E-state index is 9.37. The zero-order chi connectivity index (χ0) is 11.7. The van der Waals surface area contributed by atoms with Gasteiger partial charge in [-0.05, 0) is 37.6 Å². The molecule has 4 nitrogen and oxygen atoms in total. The van der Waals surface area contributed by atoms with Crippen LogP contribution >= 0.6 is 15.9 Å². The van der Waals surface area contributed by atoms with Crippen molar-refractivity contribution in [3.05, 3.63) is 40.1 Å². The van der Waals surface area contributed by atoms with Gasteiger partial charge in [0.25, 0.3) is 0 Å². The number of aliphatic hydroxyl groups excluding tert-OH is 1. The summed E-state index contributed by atoms with van der Waals surface area (Å²) in [5.74, 6) is 0. The van der Waals surface area contributed by atoms with Gasteiger partial charge < -0.3 is 5.11 Å². The number of hydrogen-bond acceptors (Lipinski definition) is 3. The van der Waals surface area contributed by atoms with Crippen LogP contribution in [0.2, 0.25) is 0 Å². The molecule has 0 saturated heterocycles. The molecule has 1 heterocycles. The van der Waals surface area contributed by atoms with Crippen LogP contribution in [0.15, 0.2) is 28.9 Å². The highest BCUT2D eigenvalue weighted by molar-refractivity contribution is 9.10. The summed E-state index contributed by atoms with van der Waals surface area (Å²) in [6, 6.07) is 5.92. The van der Waals surface area contributed by atoms with Gasteiger partial charge in [0.2, 0.25) is 0 Å². The predicted octanol–water partition coefficient (Wildman–Crippen LogP) is 2.39. The molecule has 0 aliphatic heterocycles. The third kappa shape index (κ3) is 2.15. The molecule has 1 atom stereocenters. The SMILES string of the molecule is Cc1cc(Br)ccc1-n1cc(C(C)O)nn1. The number of benzene rings is 1. The average Bonchev–Trinajstić information content (AvgIpc) is 2.66. The van der Waals surface area contributed by atoms with Gasteiger partial charge in [-0.1, -0.05) is 21.1 Å². The van der Waals surface area contributed by atoms with E-state index in [2.05, 4.69) is 26.2 Å². The first-order chi connectivity index (χ1) is 7.58. The number of hydrogen-bond donors (Lipinski definition) is 1. The van der Waals surface area contributed by atoms with Crippen molar-refractivity contribution < 1.29 is 5.11 Å². The van der Waals surface area contributed by atoms with Crippen LogP contribution in [-0.4, -0.2) is 20.1 Å². The lowest BCUT2D eigenvalue weighted by molar-refractivity contribution is 0.194. The van der Waals surface area contributed by atoms with Crippen molar-refractivity contribution in [3.8, 4) is 5.69 Å². The minimum atomic E-state index is -0.593. The molecule has 0 aliphatic carbocycles. The molecule has 0 aliphatic rings. The van der Waals surface area contributed by atoms with Gasteiger partial charge in [0.15, 0.2) is 0 Å². The van der Waals surface area contributed by atoms with Gasteiger partial charge in [-0.3, -0.25) is 0 Å². The standard InChI is InChI=1S/C11H12BrN3O/c1-7-5-9(12)3-4-11(7)15-6-10(8(2)16)13-14-15/h3-6,8,16H,1-2H3. The molecule has 2 aromatic rings. The highest BCUT2D eigenvalue weighted by atomic mass is 79.9. The van der Waals surface area contributed by atoms with Gasteiger partial charge in [-0.2, -0.15) is 0 Å². The van der Waals surface area contributed by atoms with Crippen LogP contribution in [0, 0.1) is 6.92 Å². The monoisotopic (exact) mass is 281 g/mol. The van der Waals surface area contributed by atoms with Crippen LogP contribution in [0.25, 0.3) is 5.69 Å². The fraction of sp³-hybridized carbons (Fsp3) is 0.273. The number of halogens is 1. The molecule has 0 saturated carbocycles. The Bertz CT molecular complexity index is 508. The zero-order valence-electron chi connectivity index (χ0n) is 9.05. The number of aromatic nitrogens is 3. The zero-order valence-corrected chi connectivity index (χ0v) is 10.6. The lowest BCUT2D eigenvalue weighted by atomic mass is 10.2. The van der Waals surface area contributed by atoms with Gasteiger partial charge in [0.1, 0.15) is 5.69 Å². The second-order valence-corrected chi connectivity index (χ2v) is 4.61. The summed E-state index contributed by atoms with van der Waals surface area (Å²) in [4.78, 5) is 0. The summed E-state index contributed by atoms with van der Waals surface area (Å²) in [6.45, 7) is 3.67. The lowest BCUT2D eigenvalue weighted by Gasteiger charge is -2.04. The lowest BCUT2D eigenvalue weighted by Crippen LogP contribution is -1.97. The Kier molecular flexibility index (Phi) is 3.07. The number of rotatable bonds is 2. The summed E-state index contributed by atoms with van der Waals surface area (Å²) in [5.41, 5.74) is 2.63. The van der Waals surface area contributed by atoms with E-state index in [0.29, 0.717) is 5.69 Å². The van der Waals surface area contributed by atoms with Crippen LogP contribution < -0.4 is 0 Å². The molecule has 84 valence electrons. The quantitative estimate of drug-likeness (QED) is 0.920. The minimum absolute atomic E-state index is 0.572. The Morgan fingerprint density at radius 3 is 2.75 bits per heavy atom. The molecule has 0 amide bonds. The molecule has 0 radical (unpaired) electrons. The second kappa shape index (κ2) is 4.35. The molecule has 1 unspecified atom stereocenters. The van der Waals surface area contributed by atoms with E-state index in [-0.39, 0.29) is 0 Å². The smallest absolute Gasteiger partial charge is 0.111 e. The maximum atomic E-state index is 9.37. The van der Waals surface area contributed by atoms with E-state index >= 15 is 0 Å². The van der Waals surface area contributed by atoms with Gasteiger partial charge in [-0.25, -0.2) is 4.68 Å². The highest BCUT2D eigenvalue weighted by Crippen LogP contribution is 2.19. The molecule has 1 N–H and O–H groups in total. The molecule has 0 bridgehead atoms. The van der Waals surface area contributed by atoms with Crippen molar-refractivity contribution in [2.75, 3.05) is 0 Å². The van der Waals surface area contributed by atoms with E-state index in [4.69, 9.17) is 0 Å². The van der Waals surface area contributed by atoms with Gasteiger partial charge in [0, 0.05) is 4.47 Å². The molecule has 2 rings (SSSR count). The molecular formula is C11H12BrN3O. The Balaban J connectivity index is 2.42. The summed E-state index contributed by atoms with van der Waals surface area (Å²) < 4.78 is 2.70. The highest BCUT2D eigenvalue weighted by Gasteiger charge is 2.08. The molecule has 1 aromatic carbocycles. The van der Waals surface area contributed by atoms with E-state index in [1.165, 1.54) is 0 Å². The molecule has 0 spiro atoms. The fourth-order valence-electron chi connectivity index (χ4n) is 1.46. The maximum Gasteiger partial charge on any atom is 0.111 e. The Morgan fingerprint density at radius 2 is 2.19 bits per heavy atom. The average molecular weight is 282 g/mol. The van der Waals surface area contributed by atoms with Crippen molar-refractivity contribution in [2.45, 2.75) is 20.0 Å². The van der Waals surface area contributed by atoms with E-state index in [0.717, 1.165) is 15.7 Å². The Hall–Kier alpha value is -1.20. The molecule has 16 heavy (non-hydrogen) atoms. The van der Waals surface area contributed by atoms with Gasteiger partial charge in [-0.15, -0.1) is 5.10 Å². The number of aryl methyl sites for hydroxylation is 1. The van der Waals surface area contributed by atoms with E-state index in [9.17, 15) is 5.11 Å². The summed E-state index contributed by atoms with van der Waals surface area (Å²) in [7, 11) is 0. The van der Waals surface area contributed by atoms with Crippen molar-refractivity contribution in [1.29, 1.82) is 0 Å². The third-order valence-electron chi connectivity index (χ3n) is 2.34. The third-order valence-corrected chi connectivity index (χ3v) is 2.84. The van der Waals surface area contributed by atoms with Crippen LogP contribution in [0.3, 0.4) is 0 Å². The van der Waals surface area contributed by atoms with Gasteiger partial charge >= 0.3 is 0 Å². The molecule has 1 aromatic heterocycles. The second-order valence-electron chi connectivity index (χ2n) is 3.69. The van der Waals surface area contributed by atoms with Crippen LogP contribution in [0.1, 0.15) is 24.3 Å². The predicted molar refractivity (Wildman–Crippen MR) is 64.4 cm³/mol. The first kappa shape index (κ1) is 11.3. The van der Waals surface area contributed by atoms with Gasteiger partial charge in [0.05, 0.1) is 18.0 Å². The van der Waals surface area contributed by atoms with Crippen molar-refractivity contribution >= 4 is 15.9 Å². The van der Waals surface area contributed by atoms with Crippen LogP contribution in [-0.2, 0) is 0 Å². The number of aliphatic hydroxyl groups is 1. The Labute approximate surface area is 102 Å². The summed E-state index contributed by atoms with van der Waals surface area (Å²) >= 11 is 3.41. The van der Waals surface area contributed by atoms with Crippen molar-refractivity contribution in [1.82, 2.24) is 15.0 Å². The van der Waals surface area contributed by atoms with E-state index < -0.39 is 6.10 Å². The largest absolute Gasteiger partial charge is 0.387 e. The number of nitrogens with zero attached hydrogens (tertiary/aromatic N) is 3. The molecule has 5 heteroatoms. The normalized spacial score (nSPS) is 12.8. The van der Waals surface area contributed by atoms with E-state index in [1.54, 1.807) is 17.8 Å². The summed E-state index contributed by atoms with van der Waals surface area (Å²) in [5, 5.41) is 17.3. The fourth-order valence-corrected chi connectivity index (χ4v) is 1.94. The summed E-state index contributed by atoms with van der Waals surface area (Å²) in [6.07, 6.45) is 1.14. The van der Waals surface area contributed by atoms with Crippen LogP contribution in [0.4, 0.5) is 0 Å².